The summed E-state index contributed by atoms with van der Waals surface area (Å²) in [6, 6.07) is 14.4. The Hall–Kier alpha value is -3.89. The van der Waals surface area contributed by atoms with Crippen molar-refractivity contribution in [1.29, 1.82) is 0 Å². The first kappa shape index (κ1) is 31.6. The number of carbonyl (C=O) groups is 2. The Balaban J connectivity index is 0.00000462. The van der Waals surface area contributed by atoms with Gasteiger partial charge in [-0.25, -0.2) is 4.98 Å². The van der Waals surface area contributed by atoms with E-state index < -0.39 is 23.1 Å². The van der Waals surface area contributed by atoms with E-state index in [1.807, 2.05) is 0 Å². The van der Waals surface area contributed by atoms with Gasteiger partial charge < -0.3 is 15.4 Å². The standard InChI is InChI=1S/C29H26ClF3N4O3.ClH/c1-28(2,3)27(39)34-15-16-8-11-22(30)21(12-16)25(38)35-19-9-10-20-23(14-19)36-24(37-26(20)40-4)17-6-5-7-18(13-17)29(31,32)33;/h5-14H,15H2,1-4H3,(H,34,39)(H,35,38);1H. The number of benzene rings is 3. The number of alkyl halides is 3. The third kappa shape index (κ3) is 7.45. The summed E-state index contributed by atoms with van der Waals surface area (Å²) in [5, 5.41) is 6.33. The van der Waals surface area contributed by atoms with E-state index in [4.69, 9.17) is 16.3 Å². The predicted molar refractivity (Wildman–Crippen MR) is 154 cm³/mol. The zero-order valence-corrected chi connectivity index (χ0v) is 24.1. The average molecular weight is 607 g/mol. The molecule has 2 amide bonds. The predicted octanol–water partition coefficient (Wildman–Crippen LogP) is 7.31. The Morgan fingerprint density at radius 2 is 1.71 bits per heavy atom. The molecule has 0 aliphatic heterocycles. The molecule has 0 aliphatic carbocycles. The SMILES string of the molecule is COc1nc(-c2cccc(C(F)(F)F)c2)nc2cc(NC(=O)c3cc(CNC(=O)C(C)(C)C)ccc3Cl)ccc12.Cl. The van der Waals surface area contributed by atoms with Crippen LogP contribution in [0.25, 0.3) is 22.3 Å². The highest BCUT2D eigenvalue weighted by atomic mass is 35.5. The van der Waals surface area contributed by atoms with Gasteiger partial charge in [-0.2, -0.15) is 18.2 Å². The van der Waals surface area contributed by atoms with E-state index in [-0.39, 0.29) is 52.7 Å². The summed E-state index contributed by atoms with van der Waals surface area (Å²) in [5.41, 5.74) is 0.383. The molecular weight excluding hydrogens is 580 g/mol. The molecule has 3 aromatic carbocycles. The summed E-state index contributed by atoms with van der Waals surface area (Å²) in [7, 11) is 1.40. The molecule has 0 radical (unpaired) electrons. The van der Waals surface area contributed by atoms with Gasteiger partial charge in [0.15, 0.2) is 5.82 Å². The summed E-state index contributed by atoms with van der Waals surface area (Å²) >= 11 is 6.30. The van der Waals surface area contributed by atoms with Crippen molar-refractivity contribution in [1.82, 2.24) is 15.3 Å². The fraction of sp³-hybridized carbons (Fsp3) is 0.241. The quantitative estimate of drug-likeness (QED) is 0.240. The first-order valence-electron chi connectivity index (χ1n) is 12.2. The molecule has 0 spiro atoms. The van der Waals surface area contributed by atoms with Crippen LogP contribution < -0.4 is 15.4 Å². The maximum absolute atomic E-state index is 13.2. The Kier molecular flexibility index (Phi) is 9.51. The molecule has 12 heteroatoms. The minimum Gasteiger partial charge on any atom is -0.480 e. The van der Waals surface area contributed by atoms with Crippen LogP contribution in [0.5, 0.6) is 5.88 Å². The summed E-state index contributed by atoms with van der Waals surface area (Å²) in [4.78, 5) is 34.0. The topological polar surface area (TPSA) is 93.2 Å². The number of nitrogens with zero attached hydrogens (tertiary/aromatic N) is 2. The molecule has 7 nitrogen and oxygen atoms in total. The average Bonchev–Trinajstić information content (AvgIpc) is 2.90. The van der Waals surface area contributed by atoms with Gasteiger partial charge >= 0.3 is 6.18 Å². The second-order valence-corrected chi connectivity index (χ2v) is 10.5. The number of fused-ring (bicyclic) bond motifs is 1. The molecule has 1 heterocycles. The minimum absolute atomic E-state index is 0. The van der Waals surface area contributed by atoms with E-state index in [0.717, 1.165) is 12.1 Å². The first-order valence-corrected chi connectivity index (χ1v) is 12.6. The van der Waals surface area contributed by atoms with Crippen LogP contribution in [0.2, 0.25) is 5.02 Å². The summed E-state index contributed by atoms with van der Waals surface area (Å²) in [6.45, 7) is 5.62. The number of aromatic nitrogens is 2. The van der Waals surface area contributed by atoms with Gasteiger partial charge in [-0.3, -0.25) is 9.59 Å². The van der Waals surface area contributed by atoms with Gasteiger partial charge in [-0.05, 0) is 48.0 Å². The lowest BCUT2D eigenvalue weighted by molar-refractivity contribution is -0.137. The van der Waals surface area contributed by atoms with E-state index in [1.165, 1.54) is 19.2 Å². The lowest BCUT2D eigenvalue weighted by Crippen LogP contribution is -2.34. The molecular formula is C29H27Cl2F3N4O3. The van der Waals surface area contributed by atoms with E-state index >= 15 is 0 Å². The maximum atomic E-state index is 13.2. The van der Waals surface area contributed by atoms with Gasteiger partial charge in [-0.15, -0.1) is 12.4 Å². The van der Waals surface area contributed by atoms with Gasteiger partial charge in [0.25, 0.3) is 5.91 Å². The van der Waals surface area contributed by atoms with Gasteiger partial charge in [0.05, 0.1) is 34.2 Å². The zero-order valence-electron chi connectivity index (χ0n) is 22.5. The lowest BCUT2D eigenvalue weighted by atomic mass is 9.95. The number of hydrogen-bond donors (Lipinski definition) is 2. The molecule has 0 saturated heterocycles. The first-order chi connectivity index (χ1) is 18.8. The highest BCUT2D eigenvalue weighted by molar-refractivity contribution is 6.34. The summed E-state index contributed by atoms with van der Waals surface area (Å²) in [5.74, 6) is -0.422. The molecule has 4 rings (SSSR count). The number of anilines is 1. The third-order valence-corrected chi connectivity index (χ3v) is 6.30. The lowest BCUT2D eigenvalue weighted by Gasteiger charge is -2.18. The Bertz CT molecular complexity index is 1610. The highest BCUT2D eigenvalue weighted by Crippen LogP contribution is 2.33. The van der Waals surface area contributed by atoms with Gasteiger partial charge in [0.1, 0.15) is 0 Å². The number of halogens is 5. The van der Waals surface area contributed by atoms with Crippen molar-refractivity contribution in [2.75, 3.05) is 12.4 Å². The summed E-state index contributed by atoms with van der Waals surface area (Å²) < 4.78 is 45.1. The minimum atomic E-state index is -4.52. The Morgan fingerprint density at radius 3 is 2.37 bits per heavy atom. The van der Waals surface area contributed by atoms with Crippen LogP contribution in [0, 0.1) is 5.41 Å². The van der Waals surface area contributed by atoms with Crippen LogP contribution in [-0.2, 0) is 17.5 Å². The molecule has 216 valence electrons. The van der Waals surface area contributed by atoms with Gasteiger partial charge in [0.2, 0.25) is 11.8 Å². The second-order valence-electron chi connectivity index (χ2n) is 10.1. The highest BCUT2D eigenvalue weighted by Gasteiger charge is 2.30. The van der Waals surface area contributed by atoms with E-state index in [9.17, 15) is 22.8 Å². The van der Waals surface area contributed by atoms with Crippen LogP contribution in [0.4, 0.5) is 18.9 Å². The van der Waals surface area contributed by atoms with Crippen LogP contribution in [0.1, 0.15) is 42.3 Å². The number of rotatable bonds is 6. The largest absolute Gasteiger partial charge is 0.480 e. The van der Waals surface area contributed by atoms with E-state index in [2.05, 4.69) is 20.6 Å². The smallest absolute Gasteiger partial charge is 0.416 e. The fourth-order valence-corrected chi connectivity index (χ4v) is 4.00. The van der Waals surface area contributed by atoms with Crippen molar-refractivity contribution < 1.29 is 27.5 Å². The van der Waals surface area contributed by atoms with Crippen LogP contribution in [0.15, 0.2) is 60.7 Å². The normalized spacial score (nSPS) is 11.5. The third-order valence-electron chi connectivity index (χ3n) is 5.97. The van der Waals surface area contributed by atoms with Crippen molar-refractivity contribution in [2.24, 2.45) is 5.41 Å². The fourth-order valence-electron chi connectivity index (χ4n) is 3.80. The molecule has 2 N–H and O–H groups in total. The van der Waals surface area contributed by atoms with Crippen molar-refractivity contribution in [3.05, 3.63) is 82.4 Å². The summed E-state index contributed by atoms with van der Waals surface area (Å²) in [6.07, 6.45) is -4.52. The molecule has 0 saturated carbocycles. The number of amides is 2. The molecule has 41 heavy (non-hydrogen) atoms. The van der Waals surface area contributed by atoms with Crippen LogP contribution >= 0.6 is 24.0 Å². The molecule has 0 atom stereocenters. The monoisotopic (exact) mass is 606 g/mol. The number of hydrogen-bond acceptors (Lipinski definition) is 5. The Morgan fingerprint density at radius 1 is 0.976 bits per heavy atom. The van der Waals surface area contributed by atoms with E-state index in [0.29, 0.717) is 22.2 Å². The van der Waals surface area contributed by atoms with Crippen molar-refractivity contribution in [3.8, 4) is 17.3 Å². The number of carbonyl (C=O) groups excluding carboxylic acids is 2. The molecule has 0 aliphatic rings. The number of nitrogens with one attached hydrogen (secondary N) is 2. The number of ether oxygens (including phenoxy) is 1. The Labute approximate surface area is 245 Å². The van der Waals surface area contributed by atoms with Crippen LogP contribution in [0.3, 0.4) is 0 Å². The maximum Gasteiger partial charge on any atom is 0.416 e. The molecule has 0 unspecified atom stereocenters. The van der Waals surface area contributed by atoms with Crippen molar-refractivity contribution in [3.63, 3.8) is 0 Å². The number of methoxy groups -OCH3 is 1. The van der Waals surface area contributed by atoms with Crippen molar-refractivity contribution in [2.45, 2.75) is 33.5 Å². The van der Waals surface area contributed by atoms with E-state index in [1.54, 1.807) is 57.2 Å². The molecule has 0 fully saturated rings. The van der Waals surface area contributed by atoms with Gasteiger partial charge in [0, 0.05) is 23.2 Å². The second kappa shape index (κ2) is 12.3. The molecule has 1 aromatic heterocycles. The zero-order chi connectivity index (χ0) is 29.2. The molecule has 0 bridgehead atoms. The van der Waals surface area contributed by atoms with Crippen LogP contribution in [-0.4, -0.2) is 28.9 Å². The van der Waals surface area contributed by atoms with Gasteiger partial charge in [-0.1, -0.05) is 50.6 Å². The molecule has 4 aromatic rings. The van der Waals surface area contributed by atoms with Crippen molar-refractivity contribution >= 4 is 52.4 Å².